The van der Waals surface area contributed by atoms with Gasteiger partial charge in [-0.1, -0.05) is 78.4 Å². The van der Waals surface area contributed by atoms with Gasteiger partial charge in [-0.15, -0.1) is 0 Å². The predicted molar refractivity (Wildman–Crippen MR) is 118 cm³/mol. The molecule has 1 fully saturated rings. The van der Waals surface area contributed by atoms with Crippen molar-refractivity contribution >= 4 is 10.1 Å². The van der Waals surface area contributed by atoms with Crippen molar-refractivity contribution < 1.29 is 12.7 Å². The van der Waals surface area contributed by atoms with Gasteiger partial charge in [0, 0.05) is 19.0 Å². The summed E-state index contributed by atoms with van der Waals surface area (Å²) in [6.07, 6.45) is 0.640. The Morgan fingerprint density at radius 2 is 1.48 bits per heavy atom. The van der Waals surface area contributed by atoms with Crippen molar-refractivity contribution in [1.82, 2.24) is 5.06 Å². The number of nitrogens with zero attached hydrogens (tertiary/aromatic N) is 2. The Morgan fingerprint density at radius 1 is 0.935 bits per heavy atom. The van der Waals surface area contributed by atoms with Crippen molar-refractivity contribution in [3.63, 3.8) is 0 Å². The maximum absolute atomic E-state index is 12.7. The molecule has 3 aromatic rings. The Hall–Kier alpha value is -2.98. The third kappa shape index (κ3) is 4.13. The first-order valence-corrected chi connectivity index (χ1v) is 11.6. The number of aryl methyl sites for hydroxylation is 1. The fourth-order valence-electron chi connectivity index (χ4n) is 4.30. The molecule has 0 N–H and O–H groups in total. The molecule has 0 unspecified atom stereocenters. The normalized spacial score (nSPS) is 17.4. The molecule has 158 valence electrons. The molecular formula is C25H24N2O3S. The lowest BCUT2D eigenvalue weighted by Crippen LogP contribution is -2.37. The third-order valence-corrected chi connectivity index (χ3v) is 7.17. The van der Waals surface area contributed by atoms with E-state index in [1.165, 1.54) is 5.06 Å². The van der Waals surface area contributed by atoms with Gasteiger partial charge < -0.3 is 0 Å². The number of hydrogen-bond acceptors (Lipinski definition) is 5. The Bertz CT molecular complexity index is 1130. The first-order chi connectivity index (χ1) is 15.0. The van der Waals surface area contributed by atoms with E-state index in [0.717, 1.165) is 16.7 Å². The lowest BCUT2D eigenvalue weighted by molar-refractivity contribution is -0.0322. The van der Waals surface area contributed by atoms with Crippen LogP contribution >= 0.6 is 0 Å². The Balaban J connectivity index is 1.64. The molecular weight excluding hydrogens is 408 g/mol. The van der Waals surface area contributed by atoms with Gasteiger partial charge in [0.1, 0.15) is 5.41 Å². The smallest absolute Gasteiger partial charge is 0.197 e. The molecule has 0 aliphatic carbocycles. The second-order valence-corrected chi connectivity index (χ2v) is 9.40. The zero-order valence-corrected chi connectivity index (χ0v) is 18.1. The number of rotatable bonds is 6. The van der Waals surface area contributed by atoms with Gasteiger partial charge in [0.25, 0.3) is 0 Å². The number of hydrogen-bond donors (Lipinski definition) is 0. The minimum absolute atomic E-state index is 0.124. The van der Waals surface area contributed by atoms with Crippen LogP contribution in [-0.2, 0) is 19.8 Å². The first-order valence-electron chi connectivity index (χ1n) is 10.2. The zero-order chi connectivity index (χ0) is 21.9. The molecule has 31 heavy (non-hydrogen) atoms. The fraction of sp³-hybridized carbons (Fsp3) is 0.240. The maximum atomic E-state index is 12.7. The van der Waals surface area contributed by atoms with Crippen LogP contribution in [-0.4, -0.2) is 26.6 Å². The standard InChI is InChI=1S/C25H24N2O3S/c1-20-12-14-24(15-13-20)31(28,29)30-27-17-16-23(18-27)25(19-26,21-8-4-2-5-9-21)22-10-6-3-7-11-22/h2-15,23H,16-18H2,1H3/t23-/m1/s1. The molecule has 0 amide bonds. The van der Waals surface area contributed by atoms with E-state index in [1.807, 2.05) is 67.6 Å². The number of hydroxylamine groups is 2. The van der Waals surface area contributed by atoms with Crippen LogP contribution < -0.4 is 0 Å². The summed E-state index contributed by atoms with van der Waals surface area (Å²) in [7, 11) is -3.92. The highest BCUT2D eigenvalue weighted by molar-refractivity contribution is 7.86. The molecule has 1 atom stereocenters. The molecule has 1 aliphatic heterocycles. The van der Waals surface area contributed by atoms with Gasteiger partial charge >= 0.3 is 10.1 Å². The van der Waals surface area contributed by atoms with E-state index < -0.39 is 15.5 Å². The average molecular weight is 433 g/mol. The van der Waals surface area contributed by atoms with Crippen molar-refractivity contribution in [2.24, 2.45) is 5.92 Å². The minimum Gasteiger partial charge on any atom is -0.197 e. The lowest BCUT2D eigenvalue weighted by atomic mass is 9.66. The van der Waals surface area contributed by atoms with Crippen molar-refractivity contribution in [3.8, 4) is 6.07 Å². The summed E-state index contributed by atoms with van der Waals surface area (Å²) in [4.78, 5) is 0.124. The summed E-state index contributed by atoms with van der Waals surface area (Å²) < 4.78 is 30.9. The molecule has 0 saturated carbocycles. The van der Waals surface area contributed by atoms with E-state index in [-0.39, 0.29) is 10.8 Å². The van der Waals surface area contributed by atoms with E-state index in [1.54, 1.807) is 24.3 Å². The zero-order valence-electron chi connectivity index (χ0n) is 17.3. The van der Waals surface area contributed by atoms with Crippen LogP contribution in [0.1, 0.15) is 23.1 Å². The summed E-state index contributed by atoms with van der Waals surface area (Å²) in [5.41, 5.74) is 1.88. The molecule has 5 nitrogen and oxygen atoms in total. The average Bonchev–Trinajstić information content (AvgIpc) is 3.24. The molecule has 1 saturated heterocycles. The molecule has 1 aliphatic rings. The highest BCUT2D eigenvalue weighted by Gasteiger charge is 2.46. The molecule has 0 radical (unpaired) electrons. The molecule has 3 aromatic carbocycles. The summed E-state index contributed by atoms with van der Waals surface area (Å²) in [5.74, 6) is -0.129. The van der Waals surface area contributed by atoms with Gasteiger partial charge in [0.15, 0.2) is 0 Å². The van der Waals surface area contributed by atoms with Crippen molar-refractivity contribution in [3.05, 3.63) is 102 Å². The van der Waals surface area contributed by atoms with Gasteiger partial charge in [-0.3, -0.25) is 0 Å². The largest absolute Gasteiger partial charge is 0.313 e. The minimum atomic E-state index is -3.92. The quantitative estimate of drug-likeness (QED) is 0.576. The van der Waals surface area contributed by atoms with Crippen LogP contribution in [0.5, 0.6) is 0 Å². The maximum Gasteiger partial charge on any atom is 0.313 e. The van der Waals surface area contributed by atoms with Crippen LogP contribution in [0, 0.1) is 24.2 Å². The summed E-state index contributed by atoms with van der Waals surface area (Å²) >= 11 is 0. The van der Waals surface area contributed by atoms with Crippen LogP contribution in [0.2, 0.25) is 0 Å². The van der Waals surface area contributed by atoms with Gasteiger partial charge in [0.2, 0.25) is 0 Å². The number of benzene rings is 3. The molecule has 1 heterocycles. The first kappa shape index (κ1) is 21.3. The summed E-state index contributed by atoms with van der Waals surface area (Å²) in [6, 6.07) is 28.6. The Kier molecular flexibility index (Phi) is 5.92. The monoisotopic (exact) mass is 432 g/mol. The number of nitriles is 1. The van der Waals surface area contributed by atoms with Gasteiger partial charge in [-0.2, -0.15) is 23.0 Å². The summed E-state index contributed by atoms with van der Waals surface area (Å²) in [6.45, 7) is 2.66. The van der Waals surface area contributed by atoms with E-state index >= 15 is 0 Å². The molecule has 0 aromatic heterocycles. The van der Waals surface area contributed by atoms with Crippen LogP contribution in [0.15, 0.2) is 89.8 Å². The predicted octanol–water partition coefficient (Wildman–Crippen LogP) is 4.45. The van der Waals surface area contributed by atoms with E-state index in [4.69, 9.17) is 4.28 Å². The van der Waals surface area contributed by atoms with E-state index in [0.29, 0.717) is 19.5 Å². The third-order valence-electron chi connectivity index (χ3n) is 5.91. The molecule has 6 heteroatoms. The van der Waals surface area contributed by atoms with Crippen molar-refractivity contribution in [1.29, 1.82) is 5.26 Å². The van der Waals surface area contributed by atoms with Crippen molar-refractivity contribution in [2.75, 3.05) is 13.1 Å². The van der Waals surface area contributed by atoms with Crippen molar-refractivity contribution in [2.45, 2.75) is 23.7 Å². The van der Waals surface area contributed by atoms with E-state index in [9.17, 15) is 13.7 Å². The summed E-state index contributed by atoms with van der Waals surface area (Å²) in [5, 5.41) is 11.9. The van der Waals surface area contributed by atoms with Crippen LogP contribution in [0.25, 0.3) is 0 Å². The molecule has 0 spiro atoms. The highest BCUT2D eigenvalue weighted by Crippen LogP contribution is 2.43. The Labute approximate surface area is 183 Å². The van der Waals surface area contributed by atoms with Gasteiger partial charge in [-0.25, -0.2) is 0 Å². The SMILES string of the molecule is Cc1ccc(S(=O)(=O)ON2CC[C@@H](C(C#N)(c3ccccc3)c3ccccc3)C2)cc1. The highest BCUT2D eigenvalue weighted by atomic mass is 32.2. The second kappa shape index (κ2) is 8.64. The Morgan fingerprint density at radius 3 is 2.00 bits per heavy atom. The molecule has 4 rings (SSSR count). The van der Waals surface area contributed by atoms with Gasteiger partial charge in [0.05, 0.1) is 11.0 Å². The molecule has 0 bridgehead atoms. The van der Waals surface area contributed by atoms with Crippen LogP contribution in [0.3, 0.4) is 0 Å². The van der Waals surface area contributed by atoms with Crippen LogP contribution in [0.4, 0.5) is 0 Å². The van der Waals surface area contributed by atoms with E-state index in [2.05, 4.69) is 6.07 Å². The fourth-order valence-corrected chi connectivity index (χ4v) is 5.27. The van der Waals surface area contributed by atoms with Gasteiger partial charge in [-0.05, 0) is 36.6 Å². The topological polar surface area (TPSA) is 70.4 Å². The second-order valence-electron chi connectivity index (χ2n) is 7.87. The lowest BCUT2D eigenvalue weighted by Gasteiger charge is -2.33.